The number of benzene rings is 8. The highest BCUT2D eigenvalue weighted by atomic mass is 15.2. The minimum Gasteiger partial charge on any atom is -0.308 e. The maximum absolute atomic E-state index is 5.17. The molecular weight excluding hydrogens is 659 g/mol. The molecule has 0 unspecified atom stereocenters. The molecule has 250 valence electrons. The molecule has 0 saturated heterocycles. The molecule has 5 heteroatoms. The summed E-state index contributed by atoms with van der Waals surface area (Å²) in [5, 5.41) is 9.94. The summed E-state index contributed by atoms with van der Waals surface area (Å²) in [6, 6.07) is 62.5. The van der Waals surface area contributed by atoms with Crippen LogP contribution in [0.1, 0.15) is 0 Å². The van der Waals surface area contributed by atoms with Crippen LogP contribution < -0.4 is 0 Å². The van der Waals surface area contributed by atoms with Gasteiger partial charge in [-0.25, -0.2) is 4.98 Å². The standard InChI is InChI=1S/C49H29N5/c1-3-14-31(15-4-1)47-50-48(32-16-5-2-6-17-32)52-49(51-47)54-40-25-10-8-20-37(40)44-35(22-13-27-42(44)54)36-23-12-26-41-45(36)38-29-28-30-18-11-21-34-33-19-7-9-24-39(33)53(41)46(38)43(30)34/h1-29H. The average molecular weight is 688 g/mol. The van der Waals surface area contributed by atoms with Crippen molar-refractivity contribution in [3.8, 4) is 39.9 Å². The van der Waals surface area contributed by atoms with E-state index >= 15 is 0 Å². The first kappa shape index (κ1) is 29.2. The van der Waals surface area contributed by atoms with Crippen LogP contribution in [-0.2, 0) is 0 Å². The predicted molar refractivity (Wildman–Crippen MR) is 223 cm³/mol. The summed E-state index contributed by atoms with van der Waals surface area (Å²) in [6.45, 7) is 0. The van der Waals surface area contributed by atoms with E-state index in [0.29, 0.717) is 17.6 Å². The Morgan fingerprint density at radius 1 is 0.333 bits per heavy atom. The van der Waals surface area contributed by atoms with Crippen LogP contribution in [0.15, 0.2) is 176 Å². The number of fused-ring (bicyclic) bond motifs is 9. The molecule has 0 amide bonds. The van der Waals surface area contributed by atoms with Gasteiger partial charge in [0.25, 0.3) is 0 Å². The van der Waals surface area contributed by atoms with Gasteiger partial charge in [-0.05, 0) is 46.2 Å². The van der Waals surface area contributed by atoms with Gasteiger partial charge in [-0.3, -0.25) is 4.57 Å². The zero-order valence-corrected chi connectivity index (χ0v) is 29.0. The van der Waals surface area contributed by atoms with Crippen molar-refractivity contribution in [3.63, 3.8) is 0 Å². The number of pyridine rings is 1. The lowest BCUT2D eigenvalue weighted by molar-refractivity contribution is 0.953. The Labute approximate surface area is 309 Å². The van der Waals surface area contributed by atoms with Crippen molar-refractivity contribution in [3.05, 3.63) is 176 Å². The largest absolute Gasteiger partial charge is 0.308 e. The second-order valence-corrected chi connectivity index (χ2v) is 14.0. The zero-order chi connectivity index (χ0) is 35.3. The fourth-order valence-corrected chi connectivity index (χ4v) is 8.88. The highest BCUT2D eigenvalue weighted by Crippen LogP contribution is 2.46. The Balaban J connectivity index is 1.19. The van der Waals surface area contributed by atoms with Crippen molar-refractivity contribution in [2.24, 2.45) is 0 Å². The molecule has 0 aliphatic heterocycles. The second kappa shape index (κ2) is 11.1. The molecule has 0 aliphatic rings. The Kier molecular flexibility index (Phi) is 5.99. The molecule has 0 N–H and O–H groups in total. The Morgan fingerprint density at radius 3 is 1.61 bits per heavy atom. The van der Waals surface area contributed by atoms with E-state index < -0.39 is 0 Å². The third-order valence-corrected chi connectivity index (χ3v) is 11.1. The van der Waals surface area contributed by atoms with Crippen molar-refractivity contribution in [2.45, 2.75) is 0 Å². The first-order valence-corrected chi connectivity index (χ1v) is 18.3. The van der Waals surface area contributed by atoms with Crippen LogP contribution >= 0.6 is 0 Å². The highest BCUT2D eigenvalue weighted by Gasteiger charge is 2.23. The lowest BCUT2D eigenvalue weighted by atomic mass is 9.94. The van der Waals surface area contributed by atoms with Crippen LogP contribution in [0.25, 0.3) is 111 Å². The van der Waals surface area contributed by atoms with Gasteiger partial charge in [-0.2, -0.15) is 9.97 Å². The zero-order valence-electron chi connectivity index (χ0n) is 29.0. The van der Waals surface area contributed by atoms with Crippen LogP contribution in [0, 0.1) is 0 Å². The molecule has 0 aliphatic carbocycles. The number of aromatic nitrogens is 5. The van der Waals surface area contributed by atoms with Gasteiger partial charge in [0.05, 0.1) is 27.6 Å². The van der Waals surface area contributed by atoms with Crippen LogP contribution in [0.2, 0.25) is 0 Å². The third-order valence-electron chi connectivity index (χ3n) is 11.1. The van der Waals surface area contributed by atoms with Gasteiger partial charge in [-0.15, -0.1) is 0 Å². The molecule has 5 nitrogen and oxygen atoms in total. The molecule has 12 rings (SSSR count). The first-order valence-electron chi connectivity index (χ1n) is 18.3. The minimum absolute atomic E-state index is 0.586. The second-order valence-electron chi connectivity index (χ2n) is 14.0. The summed E-state index contributed by atoms with van der Waals surface area (Å²) in [7, 11) is 0. The summed E-state index contributed by atoms with van der Waals surface area (Å²) in [6.07, 6.45) is 0. The van der Waals surface area contributed by atoms with E-state index in [9.17, 15) is 0 Å². The minimum atomic E-state index is 0.586. The van der Waals surface area contributed by atoms with E-state index in [1.54, 1.807) is 0 Å². The molecule has 4 aromatic heterocycles. The van der Waals surface area contributed by atoms with E-state index in [1.165, 1.54) is 65.4 Å². The lowest BCUT2D eigenvalue weighted by Crippen LogP contribution is -2.06. The average Bonchev–Trinajstić information content (AvgIpc) is 3.78. The highest BCUT2D eigenvalue weighted by molar-refractivity contribution is 6.31. The summed E-state index contributed by atoms with van der Waals surface area (Å²) in [5.41, 5.74) is 10.0. The monoisotopic (exact) mass is 687 g/mol. The summed E-state index contributed by atoms with van der Waals surface area (Å²) in [4.78, 5) is 15.3. The van der Waals surface area contributed by atoms with E-state index in [1.807, 2.05) is 36.4 Å². The smallest absolute Gasteiger partial charge is 0.238 e. The normalized spacial score (nSPS) is 12.1. The molecule has 12 aromatic rings. The van der Waals surface area contributed by atoms with Crippen LogP contribution in [0.5, 0.6) is 0 Å². The Morgan fingerprint density at radius 2 is 0.889 bits per heavy atom. The van der Waals surface area contributed by atoms with Crippen molar-refractivity contribution in [2.75, 3.05) is 0 Å². The Hall–Kier alpha value is -7.37. The Bertz CT molecular complexity index is 3360. The number of hydrogen-bond acceptors (Lipinski definition) is 3. The summed E-state index contributed by atoms with van der Waals surface area (Å²) >= 11 is 0. The molecular formula is C49H29N5. The SMILES string of the molecule is c1ccc(-c2nc(-c3ccccc3)nc(-n3c4ccccc4c4c(-c5cccc6c5c5ccc7cccc8c9ccccc9n6c5c78)cccc43)n2)cc1. The predicted octanol–water partition coefficient (Wildman–Crippen LogP) is 12.3. The van der Waals surface area contributed by atoms with Gasteiger partial charge in [0.15, 0.2) is 11.6 Å². The maximum atomic E-state index is 5.17. The molecule has 54 heavy (non-hydrogen) atoms. The number of para-hydroxylation sites is 2. The summed E-state index contributed by atoms with van der Waals surface area (Å²) < 4.78 is 4.70. The number of nitrogens with zero attached hydrogens (tertiary/aromatic N) is 5. The molecule has 0 atom stereocenters. The quantitative estimate of drug-likeness (QED) is 0.137. The van der Waals surface area contributed by atoms with Crippen molar-refractivity contribution >= 4 is 70.7 Å². The van der Waals surface area contributed by atoms with Crippen molar-refractivity contribution < 1.29 is 0 Å². The van der Waals surface area contributed by atoms with Crippen molar-refractivity contribution in [1.29, 1.82) is 0 Å². The molecule has 0 bridgehead atoms. The lowest BCUT2D eigenvalue weighted by Gasteiger charge is -2.12. The fraction of sp³-hybridized carbons (Fsp3) is 0. The topological polar surface area (TPSA) is 48.0 Å². The van der Waals surface area contributed by atoms with Gasteiger partial charge in [0, 0.05) is 43.4 Å². The maximum Gasteiger partial charge on any atom is 0.238 e. The van der Waals surface area contributed by atoms with E-state index in [4.69, 9.17) is 15.0 Å². The third kappa shape index (κ3) is 4.01. The van der Waals surface area contributed by atoms with E-state index in [0.717, 1.165) is 27.5 Å². The van der Waals surface area contributed by atoms with Gasteiger partial charge in [0.2, 0.25) is 5.95 Å². The fourth-order valence-electron chi connectivity index (χ4n) is 8.88. The molecule has 0 spiro atoms. The van der Waals surface area contributed by atoms with E-state index in [2.05, 4.69) is 148 Å². The molecule has 4 heterocycles. The van der Waals surface area contributed by atoms with Crippen molar-refractivity contribution in [1.82, 2.24) is 23.9 Å². The first-order chi connectivity index (χ1) is 26.8. The van der Waals surface area contributed by atoms with Crippen LogP contribution in [0.3, 0.4) is 0 Å². The molecule has 0 fully saturated rings. The van der Waals surface area contributed by atoms with Gasteiger partial charge in [-0.1, -0.05) is 152 Å². The summed E-state index contributed by atoms with van der Waals surface area (Å²) in [5.74, 6) is 1.86. The van der Waals surface area contributed by atoms with Crippen LogP contribution in [-0.4, -0.2) is 23.9 Å². The van der Waals surface area contributed by atoms with E-state index in [-0.39, 0.29) is 0 Å². The molecule has 8 aromatic carbocycles. The van der Waals surface area contributed by atoms with Gasteiger partial charge < -0.3 is 4.40 Å². The number of rotatable bonds is 4. The molecule has 0 saturated carbocycles. The van der Waals surface area contributed by atoms with Gasteiger partial charge in [0.1, 0.15) is 0 Å². The van der Waals surface area contributed by atoms with Gasteiger partial charge >= 0.3 is 0 Å². The number of hydrogen-bond donors (Lipinski definition) is 0. The molecule has 0 radical (unpaired) electrons. The van der Waals surface area contributed by atoms with Crippen LogP contribution in [0.4, 0.5) is 0 Å².